The highest BCUT2D eigenvalue weighted by Crippen LogP contribution is 2.59. The number of nitrogens with one attached hydrogen (secondary N) is 1. The van der Waals surface area contributed by atoms with Gasteiger partial charge in [0.1, 0.15) is 11.6 Å². The van der Waals surface area contributed by atoms with Crippen LogP contribution in [0.25, 0.3) is 0 Å². The standard InChI is InChI=1S/C27H29F2NO5S/c1-13-7-23(29)20(11-22(13)28)25(14-3-4-14)30-27(33)21-9-16-8-18(16)24(21)26(32)19-10-17(36(2,34)35)6-5-15(19)12-31/h5-7,10-11,14,16,18,21,24-25,31H,3-4,8-9,12H2,1-2H3,(H,30,33)/t16-,18-,21+,24?,25-/m1/s1. The molecule has 3 fully saturated rings. The summed E-state index contributed by atoms with van der Waals surface area (Å²) in [7, 11) is -3.58. The van der Waals surface area contributed by atoms with E-state index in [1.165, 1.54) is 25.1 Å². The fourth-order valence-electron chi connectivity index (χ4n) is 5.77. The van der Waals surface area contributed by atoms with Crippen LogP contribution < -0.4 is 5.32 Å². The summed E-state index contributed by atoms with van der Waals surface area (Å²) in [6.07, 6.45) is 3.94. The fourth-order valence-corrected chi connectivity index (χ4v) is 6.42. The number of Topliss-reactive ketones (excluding diaryl/α,β-unsaturated/α-hetero) is 1. The van der Waals surface area contributed by atoms with Crippen LogP contribution in [-0.2, 0) is 21.2 Å². The summed E-state index contributed by atoms with van der Waals surface area (Å²) in [5, 5.41) is 12.7. The van der Waals surface area contributed by atoms with E-state index in [4.69, 9.17) is 0 Å². The van der Waals surface area contributed by atoms with E-state index in [2.05, 4.69) is 5.32 Å². The first kappa shape index (κ1) is 25.0. The van der Waals surface area contributed by atoms with Gasteiger partial charge in [-0.15, -0.1) is 0 Å². The van der Waals surface area contributed by atoms with Gasteiger partial charge in [0, 0.05) is 29.2 Å². The maximum atomic E-state index is 14.8. The Balaban J connectivity index is 1.43. The summed E-state index contributed by atoms with van der Waals surface area (Å²) in [4.78, 5) is 27.2. The summed E-state index contributed by atoms with van der Waals surface area (Å²) in [5.41, 5.74) is 0.725. The van der Waals surface area contributed by atoms with Gasteiger partial charge in [0.25, 0.3) is 0 Å². The van der Waals surface area contributed by atoms with Gasteiger partial charge < -0.3 is 10.4 Å². The molecule has 0 aromatic heterocycles. The Bertz CT molecular complexity index is 1350. The lowest BCUT2D eigenvalue weighted by atomic mass is 9.82. The van der Waals surface area contributed by atoms with Crippen LogP contribution in [0.1, 0.15) is 58.8 Å². The number of rotatable bonds is 8. The van der Waals surface area contributed by atoms with E-state index in [9.17, 15) is 31.9 Å². The highest BCUT2D eigenvalue weighted by atomic mass is 32.2. The minimum atomic E-state index is -3.58. The summed E-state index contributed by atoms with van der Waals surface area (Å²) in [6.45, 7) is 1.04. The molecule has 3 aliphatic rings. The van der Waals surface area contributed by atoms with E-state index < -0.39 is 46.0 Å². The molecule has 2 aromatic carbocycles. The van der Waals surface area contributed by atoms with Crippen LogP contribution in [0.2, 0.25) is 0 Å². The Morgan fingerprint density at radius 2 is 1.83 bits per heavy atom. The molecule has 2 N–H and O–H groups in total. The SMILES string of the molecule is Cc1cc(F)c([C@H](NC(=O)[C@H]2C[C@H]3C[C@H]3C2C(=O)c2cc(S(C)(=O)=O)ccc2CO)C2CC2)cc1F. The zero-order chi connectivity index (χ0) is 25.9. The second-order valence-corrected chi connectivity index (χ2v) is 12.6. The smallest absolute Gasteiger partial charge is 0.224 e. The molecule has 1 amide bonds. The number of hydrogen-bond donors (Lipinski definition) is 2. The number of benzene rings is 2. The minimum Gasteiger partial charge on any atom is -0.392 e. The molecule has 2 aromatic rings. The molecule has 3 aliphatic carbocycles. The average molecular weight is 518 g/mol. The Morgan fingerprint density at radius 3 is 2.47 bits per heavy atom. The van der Waals surface area contributed by atoms with Crippen LogP contribution in [0.5, 0.6) is 0 Å². The van der Waals surface area contributed by atoms with Crippen molar-refractivity contribution >= 4 is 21.5 Å². The molecule has 0 radical (unpaired) electrons. The second-order valence-electron chi connectivity index (χ2n) is 10.6. The molecular formula is C27H29F2NO5S. The third-order valence-electron chi connectivity index (χ3n) is 8.02. The molecule has 36 heavy (non-hydrogen) atoms. The van der Waals surface area contributed by atoms with Crippen molar-refractivity contribution in [3.05, 3.63) is 64.2 Å². The minimum absolute atomic E-state index is 0.00285. The van der Waals surface area contributed by atoms with Gasteiger partial charge in [-0.3, -0.25) is 9.59 Å². The van der Waals surface area contributed by atoms with Gasteiger partial charge in [-0.05, 0) is 85.8 Å². The topological polar surface area (TPSA) is 101 Å². The molecule has 5 atom stereocenters. The number of aryl methyl sites for hydroxylation is 1. The molecule has 9 heteroatoms. The average Bonchev–Trinajstić information content (AvgIpc) is 3.76. The Hall–Kier alpha value is -2.65. The molecule has 0 heterocycles. The first-order valence-electron chi connectivity index (χ1n) is 12.2. The van der Waals surface area contributed by atoms with E-state index in [0.29, 0.717) is 12.0 Å². The molecular weight excluding hydrogens is 488 g/mol. The summed E-state index contributed by atoms with van der Waals surface area (Å²) < 4.78 is 53.2. The van der Waals surface area contributed by atoms with Gasteiger partial charge in [0.05, 0.1) is 17.5 Å². The van der Waals surface area contributed by atoms with Gasteiger partial charge in [0.15, 0.2) is 15.6 Å². The maximum Gasteiger partial charge on any atom is 0.224 e. The van der Waals surface area contributed by atoms with Crippen molar-refractivity contribution < 1.29 is 31.9 Å². The highest BCUT2D eigenvalue weighted by molar-refractivity contribution is 7.90. The van der Waals surface area contributed by atoms with E-state index in [0.717, 1.165) is 37.7 Å². The van der Waals surface area contributed by atoms with Crippen molar-refractivity contribution in [2.45, 2.75) is 50.2 Å². The molecule has 0 spiro atoms. The Morgan fingerprint density at radius 1 is 1.11 bits per heavy atom. The molecule has 192 valence electrons. The molecule has 5 rings (SSSR count). The summed E-state index contributed by atoms with van der Waals surface area (Å²) >= 11 is 0. The van der Waals surface area contributed by atoms with Crippen molar-refractivity contribution in [1.82, 2.24) is 5.32 Å². The van der Waals surface area contributed by atoms with Gasteiger partial charge in [0.2, 0.25) is 5.91 Å². The summed E-state index contributed by atoms with van der Waals surface area (Å²) in [5.74, 6) is -2.92. The number of hydrogen-bond acceptors (Lipinski definition) is 5. The van der Waals surface area contributed by atoms with Gasteiger partial charge in [-0.2, -0.15) is 0 Å². The Kier molecular flexibility index (Phi) is 6.27. The molecule has 6 nitrogen and oxygen atoms in total. The first-order chi connectivity index (χ1) is 17.0. The Labute approximate surface area is 209 Å². The lowest BCUT2D eigenvalue weighted by molar-refractivity contribution is -0.127. The lowest BCUT2D eigenvalue weighted by Crippen LogP contribution is -2.40. The lowest BCUT2D eigenvalue weighted by Gasteiger charge is -2.26. The number of sulfone groups is 1. The van der Waals surface area contributed by atoms with Crippen LogP contribution in [-0.4, -0.2) is 31.5 Å². The van der Waals surface area contributed by atoms with Crippen LogP contribution in [0.3, 0.4) is 0 Å². The number of fused-ring (bicyclic) bond motifs is 1. The molecule has 0 aliphatic heterocycles. The second kappa shape index (κ2) is 9.03. The molecule has 1 unspecified atom stereocenters. The van der Waals surface area contributed by atoms with Crippen LogP contribution >= 0.6 is 0 Å². The van der Waals surface area contributed by atoms with Gasteiger partial charge in [-0.1, -0.05) is 6.07 Å². The van der Waals surface area contributed by atoms with Crippen molar-refractivity contribution in [2.75, 3.05) is 6.26 Å². The predicted molar refractivity (Wildman–Crippen MR) is 128 cm³/mol. The van der Waals surface area contributed by atoms with Crippen LogP contribution in [0, 0.1) is 48.1 Å². The zero-order valence-corrected chi connectivity index (χ0v) is 20.9. The molecule has 0 bridgehead atoms. The molecule has 0 saturated heterocycles. The third kappa shape index (κ3) is 4.59. The monoisotopic (exact) mass is 517 g/mol. The van der Waals surface area contributed by atoms with Crippen molar-refractivity contribution in [3.8, 4) is 0 Å². The normalized spacial score (nSPS) is 25.8. The number of carbonyl (C=O) groups excluding carboxylic acids is 2. The predicted octanol–water partition coefficient (Wildman–Crippen LogP) is 3.89. The maximum absolute atomic E-state index is 14.8. The number of amides is 1. The van der Waals surface area contributed by atoms with E-state index in [1.807, 2.05) is 0 Å². The van der Waals surface area contributed by atoms with E-state index >= 15 is 0 Å². The van der Waals surface area contributed by atoms with Crippen molar-refractivity contribution in [3.63, 3.8) is 0 Å². The van der Waals surface area contributed by atoms with E-state index in [1.54, 1.807) is 0 Å². The van der Waals surface area contributed by atoms with Crippen molar-refractivity contribution in [1.29, 1.82) is 0 Å². The number of ketones is 1. The molecule has 3 saturated carbocycles. The van der Waals surface area contributed by atoms with Crippen molar-refractivity contribution in [2.24, 2.45) is 29.6 Å². The number of carbonyl (C=O) groups is 2. The number of halogens is 2. The zero-order valence-electron chi connectivity index (χ0n) is 20.1. The highest BCUT2D eigenvalue weighted by Gasteiger charge is 2.58. The van der Waals surface area contributed by atoms with E-state index in [-0.39, 0.29) is 51.0 Å². The third-order valence-corrected chi connectivity index (χ3v) is 9.13. The number of aliphatic hydroxyl groups is 1. The van der Waals surface area contributed by atoms with Gasteiger partial charge >= 0.3 is 0 Å². The van der Waals surface area contributed by atoms with Crippen LogP contribution in [0.4, 0.5) is 8.78 Å². The quantitative estimate of drug-likeness (QED) is 0.518. The summed E-state index contributed by atoms with van der Waals surface area (Å²) in [6, 6.07) is 5.66. The largest absolute Gasteiger partial charge is 0.392 e. The van der Waals surface area contributed by atoms with Gasteiger partial charge in [-0.25, -0.2) is 17.2 Å². The fraction of sp³-hybridized carbons (Fsp3) is 0.481. The van der Waals surface area contributed by atoms with Crippen LogP contribution in [0.15, 0.2) is 35.2 Å². The number of aliphatic hydroxyl groups excluding tert-OH is 1. The first-order valence-corrected chi connectivity index (χ1v) is 14.1.